The molecule has 2 bridgehead atoms. The molecule has 0 aliphatic carbocycles. The second kappa shape index (κ2) is 7.02. The smallest absolute Gasteiger partial charge is 0.151 e. The zero-order chi connectivity index (χ0) is 21.8. The molecule has 4 atom stereocenters. The van der Waals surface area contributed by atoms with Crippen LogP contribution in [0.15, 0.2) is 49.1 Å². The summed E-state index contributed by atoms with van der Waals surface area (Å²) >= 11 is 0. The molecule has 162 valence electrons. The van der Waals surface area contributed by atoms with E-state index < -0.39 is 11.7 Å². The molecule has 3 aromatic rings. The van der Waals surface area contributed by atoms with Gasteiger partial charge in [0.25, 0.3) is 0 Å². The van der Waals surface area contributed by atoms with E-state index >= 15 is 4.39 Å². The standard InChI is InChI=1S/C23H27FN6O/c1-22-8-9-23(2,28-22)21(24)18(13-22)29(3)20-7-6-17(26-27-20)16-5-4-15(12-19(16)31)30-11-10-25-14-30/h4-7,10-12,14,18,21,28,31H,8-9,13H2,1-3H3/t18-,21+,22-,23+/m0/s1. The van der Waals surface area contributed by atoms with Crippen LogP contribution in [0, 0.1) is 0 Å². The molecular formula is C23H27FN6O. The number of nitrogens with zero attached hydrogens (tertiary/aromatic N) is 5. The minimum atomic E-state index is -0.991. The van der Waals surface area contributed by atoms with Crippen LogP contribution in [0.3, 0.4) is 0 Å². The van der Waals surface area contributed by atoms with Crippen LogP contribution in [-0.4, -0.2) is 55.2 Å². The third-order valence-electron chi connectivity index (χ3n) is 6.96. The molecule has 0 saturated carbocycles. The van der Waals surface area contributed by atoms with Gasteiger partial charge in [0.2, 0.25) is 0 Å². The number of piperidine rings is 1. The summed E-state index contributed by atoms with van der Waals surface area (Å²) in [6.07, 6.45) is 6.72. The van der Waals surface area contributed by atoms with Crippen molar-refractivity contribution in [2.75, 3.05) is 11.9 Å². The molecule has 2 N–H and O–H groups in total. The molecule has 7 nitrogen and oxygen atoms in total. The van der Waals surface area contributed by atoms with Gasteiger partial charge in [-0.1, -0.05) is 0 Å². The number of hydrogen-bond donors (Lipinski definition) is 2. The molecule has 8 heteroatoms. The van der Waals surface area contributed by atoms with Gasteiger partial charge >= 0.3 is 0 Å². The van der Waals surface area contributed by atoms with E-state index in [9.17, 15) is 5.11 Å². The van der Waals surface area contributed by atoms with Gasteiger partial charge in [-0.05, 0) is 57.4 Å². The van der Waals surface area contributed by atoms with E-state index in [-0.39, 0.29) is 17.3 Å². The first kappa shape index (κ1) is 19.9. The number of nitrogens with one attached hydrogen (secondary N) is 1. The molecule has 4 heterocycles. The number of phenols is 1. The van der Waals surface area contributed by atoms with E-state index in [0.717, 1.165) is 24.9 Å². The number of halogens is 1. The Morgan fingerprint density at radius 1 is 1.19 bits per heavy atom. The number of benzene rings is 1. The van der Waals surface area contributed by atoms with Gasteiger partial charge in [0.15, 0.2) is 5.82 Å². The molecule has 2 aromatic heterocycles. The van der Waals surface area contributed by atoms with Crippen LogP contribution < -0.4 is 10.2 Å². The van der Waals surface area contributed by atoms with E-state index in [0.29, 0.717) is 17.1 Å². The lowest BCUT2D eigenvalue weighted by Gasteiger charge is -2.47. The molecule has 2 fully saturated rings. The van der Waals surface area contributed by atoms with E-state index in [1.54, 1.807) is 18.6 Å². The predicted molar refractivity (Wildman–Crippen MR) is 117 cm³/mol. The van der Waals surface area contributed by atoms with E-state index in [4.69, 9.17) is 0 Å². The second-order valence-electron chi connectivity index (χ2n) is 9.34. The Labute approximate surface area is 180 Å². The second-order valence-corrected chi connectivity index (χ2v) is 9.34. The largest absolute Gasteiger partial charge is 0.507 e. The van der Waals surface area contributed by atoms with Gasteiger partial charge in [0, 0.05) is 42.1 Å². The Balaban J connectivity index is 1.38. The van der Waals surface area contributed by atoms with Gasteiger partial charge in [-0.15, -0.1) is 10.2 Å². The summed E-state index contributed by atoms with van der Waals surface area (Å²) in [6, 6.07) is 8.75. The Kier molecular flexibility index (Phi) is 4.51. The van der Waals surface area contributed by atoms with Crippen LogP contribution >= 0.6 is 0 Å². The number of anilines is 1. The van der Waals surface area contributed by atoms with Crippen LogP contribution in [0.2, 0.25) is 0 Å². The maximum atomic E-state index is 15.4. The van der Waals surface area contributed by atoms with Crippen LogP contribution in [0.5, 0.6) is 5.75 Å². The van der Waals surface area contributed by atoms with Crippen molar-refractivity contribution in [3.8, 4) is 22.7 Å². The Hall–Kier alpha value is -3.00. The molecule has 2 aliphatic heterocycles. The number of fused-ring (bicyclic) bond motifs is 2. The molecule has 2 aliphatic rings. The minimum Gasteiger partial charge on any atom is -0.507 e. The number of aromatic nitrogens is 4. The maximum Gasteiger partial charge on any atom is 0.151 e. The topological polar surface area (TPSA) is 79.1 Å². The fraction of sp³-hybridized carbons (Fsp3) is 0.435. The van der Waals surface area contributed by atoms with Gasteiger partial charge in [-0.2, -0.15) is 0 Å². The molecular weight excluding hydrogens is 395 g/mol. The molecule has 1 aromatic carbocycles. The van der Waals surface area contributed by atoms with Crippen LogP contribution in [0.1, 0.15) is 33.1 Å². The average molecular weight is 423 g/mol. The molecule has 0 radical (unpaired) electrons. The van der Waals surface area contributed by atoms with Crippen LogP contribution in [0.25, 0.3) is 16.9 Å². The van der Waals surface area contributed by atoms with Crippen molar-refractivity contribution in [1.29, 1.82) is 0 Å². The zero-order valence-corrected chi connectivity index (χ0v) is 18.0. The number of imidazole rings is 1. The Bertz CT molecular complexity index is 1090. The lowest BCUT2D eigenvalue weighted by atomic mass is 9.82. The van der Waals surface area contributed by atoms with Gasteiger partial charge in [0.1, 0.15) is 11.9 Å². The number of phenolic OH excluding ortho intramolecular Hbond substituents is 1. The van der Waals surface area contributed by atoms with Gasteiger partial charge in [0.05, 0.1) is 23.8 Å². The fourth-order valence-electron chi connectivity index (χ4n) is 5.17. The monoisotopic (exact) mass is 422 g/mol. The maximum absolute atomic E-state index is 15.4. The van der Waals surface area contributed by atoms with E-state index in [2.05, 4.69) is 27.4 Å². The van der Waals surface area contributed by atoms with Crippen molar-refractivity contribution in [3.63, 3.8) is 0 Å². The third-order valence-corrected chi connectivity index (χ3v) is 6.96. The Morgan fingerprint density at radius 2 is 2.03 bits per heavy atom. The van der Waals surface area contributed by atoms with E-state index in [1.807, 2.05) is 53.9 Å². The van der Waals surface area contributed by atoms with Crippen LogP contribution in [0.4, 0.5) is 10.2 Å². The summed E-state index contributed by atoms with van der Waals surface area (Å²) in [5.41, 5.74) is 1.41. The first-order chi connectivity index (χ1) is 14.8. The average Bonchev–Trinajstić information content (AvgIpc) is 3.38. The first-order valence-electron chi connectivity index (χ1n) is 10.6. The number of aromatic hydroxyl groups is 1. The normalized spacial score (nSPS) is 29.8. The lowest BCUT2D eigenvalue weighted by Crippen LogP contribution is -2.65. The molecule has 0 spiro atoms. The van der Waals surface area contributed by atoms with Crippen molar-refractivity contribution < 1.29 is 9.50 Å². The highest BCUT2D eigenvalue weighted by molar-refractivity contribution is 5.69. The van der Waals surface area contributed by atoms with Crippen molar-refractivity contribution in [1.82, 2.24) is 25.1 Å². The van der Waals surface area contributed by atoms with Crippen molar-refractivity contribution in [3.05, 3.63) is 49.1 Å². The molecule has 31 heavy (non-hydrogen) atoms. The SMILES string of the molecule is CN(c1ccc(-c2ccc(-n3ccnc3)cc2O)nn1)[C@H]1C[C@]2(C)CC[C@@](C)(N2)[C@@H]1F. The fourth-order valence-corrected chi connectivity index (χ4v) is 5.17. The van der Waals surface area contributed by atoms with Gasteiger partial charge < -0.3 is 19.9 Å². The lowest BCUT2D eigenvalue weighted by molar-refractivity contribution is 0.0859. The first-order valence-corrected chi connectivity index (χ1v) is 10.6. The zero-order valence-electron chi connectivity index (χ0n) is 18.0. The highest BCUT2D eigenvalue weighted by Crippen LogP contribution is 2.45. The summed E-state index contributed by atoms with van der Waals surface area (Å²) in [5, 5.41) is 22.7. The number of alkyl halides is 1. The molecule has 0 unspecified atom stereocenters. The quantitative estimate of drug-likeness (QED) is 0.670. The summed E-state index contributed by atoms with van der Waals surface area (Å²) < 4.78 is 17.2. The number of rotatable bonds is 4. The summed E-state index contributed by atoms with van der Waals surface area (Å²) in [6.45, 7) is 4.16. The summed E-state index contributed by atoms with van der Waals surface area (Å²) in [7, 11) is 1.88. The van der Waals surface area contributed by atoms with Crippen LogP contribution in [-0.2, 0) is 0 Å². The van der Waals surface area contributed by atoms with Gasteiger partial charge in [-0.25, -0.2) is 9.37 Å². The van der Waals surface area contributed by atoms with E-state index in [1.165, 1.54) is 0 Å². The minimum absolute atomic E-state index is 0.0492. The highest BCUT2D eigenvalue weighted by Gasteiger charge is 2.56. The highest BCUT2D eigenvalue weighted by atomic mass is 19.1. The molecule has 2 saturated heterocycles. The predicted octanol–water partition coefficient (Wildman–Crippen LogP) is 3.48. The summed E-state index contributed by atoms with van der Waals surface area (Å²) in [5.74, 6) is 0.737. The Morgan fingerprint density at radius 3 is 2.71 bits per heavy atom. The van der Waals surface area contributed by atoms with Crippen molar-refractivity contribution >= 4 is 5.82 Å². The summed E-state index contributed by atoms with van der Waals surface area (Å²) in [4.78, 5) is 5.93. The number of hydrogen-bond acceptors (Lipinski definition) is 6. The van der Waals surface area contributed by atoms with Crippen molar-refractivity contribution in [2.45, 2.75) is 56.4 Å². The van der Waals surface area contributed by atoms with Crippen molar-refractivity contribution in [2.24, 2.45) is 0 Å². The molecule has 0 amide bonds. The van der Waals surface area contributed by atoms with Gasteiger partial charge in [-0.3, -0.25) is 0 Å². The third kappa shape index (κ3) is 3.35. The molecule has 5 rings (SSSR count).